The summed E-state index contributed by atoms with van der Waals surface area (Å²) >= 11 is 3.28. The molecule has 110 valence electrons. The molecule has 0 aliphatic carbocycles. The predicted octanol–water partition coefficient (Wildman–Crippen LogP) is 1.17. The fourth-order valence-corrected chi connectivity index (χ4v) is 1.51. The highest BCUT2D eigenvalue weighted by Crippen LogP contribution is 2.17. The van der Waals surface area contributed by atoms with Crippen molar-refractivity contribution in [1.29, 1.82) is 0 Å². The summed E-state index contributed by atoms with van der Waals surface area (Å²) in [5.74, 6) is -1.39. The van der Waals surface area contributed by atoms with E-state index < -0.39 is 30.1 Å². The minimum Gasteiger partial charge on any atom is -0.481 e. The largest absolute Gasteiger partial charge is 0.481 e. The van der Waals surface area contributed by atoms with Crippen LogP contribution in [0.15, 0.2) is 28.7 Å². The Bertz CT molecular complexity index is 486. The molecular formula is C13H16BrNO5. The van der Waals surface area contributed by atoms with Gasteiger partial charge in [0.15, 0.2) is 11.7 Å². The molecule has 0 heterocycles. The molecule has 20 heavy (non-hydrogen) atoms. The van der Waals surface area contributed by atoms with Gasteiger partial charge in [0.1, 0.15) is 5.75 Å². The van der Waals surface area contributed by atoms with Gasteiger partial charge in [-0.2, -0.15) is 0 Å². The third kappa shape index (κ3) is 4.82. The number of halogens is 1. The molecule has 1 aromatic rings. The quantitative estimate of drug-likeness (QED) is 0.719. The van der Waals surface area contributed by atoms with E-state index in [2.05, 4.69) is 21.2 Å². The summed E-state index contributed by atoms with van der Waals surface area (Å²) < 4.78 is 6.28. The summed E-state index contributed by atoms with van der Waals surface area (Å²) in [5.41, 5.74) is -2.01. The van der Waals surface area contributed by atoms with Crippen LogP contribution in [0.4, 0.5) is 0 Å². The van der Waals surface area contributed by atoms with E-state index in [9.17, 15) is 14.7 Å². The van der Waals surface area contributed by atoms with Crippen molar-refractivity contribution in [3.8, 4) is 5.75 Å². The van der Waals surface area contributed by atoms with Gasteiger partial charge in [-0.05, 0) is 38.1 Å². The summed E-state index contributed by atoms with van der Waals surface area (Å²) in [6.45, 7) is 2.25. The Hall–Kier alpha value is -1.60. The number of carboxylic acid groups (broad SMARTS) is 1. The SMILES string of the molecule is CC(Oc1ccc(Br)cc1)C(=O)NCC(C)(O)C(=O)O. The molecule has 0 spiro atoms. The summed E-state index contributed by atoms with van der Waals surface area (Å²) in [6, 6.07) is 6.94. The highest BCUT2D eigenvalue weighted by atomic mass is 79.9. The summed E-state index contributed by atoms with van der Waals surface area (Å²) in [7, 11) is 0. The van der Waals surface area contributed by atoms with Gasteiger partial charge in [0.05, 0.1) is 6.54 Å². The van der Waals surface area contributed by atoms with Crippen LogP contribution in [0.1, 0.15) is 13.8 Å². The van der Waals surface area contributed by atoms with E-state index in [0.29, 0.717) is 5.75 Å². The minimum atomic E-state index is -2.01. The van der Waals surface area contributed by atoms with E-state index in [-0.39, 0.29) is 0 Å². The molecule has 1 aromatic carbocycles. The molecule has 2 unspecified atom stereocenters. The van der Waals surface area contributed by atoms with Gasteiger partial charge >= 0.3 is 5.97 Å². The molecule has 0 saturated carbocycles. The zero-order valence-electron chi connectivity index (χ0n) is 11.1. The zero-order valence-corrected chi connectivity index (χ0v) is 12.7. The Labute approximate surface area is 124 Å². The minimum absolute atomic E-state index is 0.394. The van der Waals surface area contributed by atoms with Crippen molar-refractivity contribution in [2.24, 2.45) is 0 Å². The van der Waals surface area contributed by atoms with Crippen molar-refractivity contribution in [2.75, 3.05) is 6.54 Å². The van der Waals surface area contributed by atoms with Crippen LogP contribution in [0.5, 0.6) is 5.75 Å². The first-order valence-electron chi connectivity index (χ1n) is 5.88. The van der Waals surface area contributed by atoms with Crippen LogP contribution in [0.25, 0.3) is 0 Å². The maximum absolute atomic E-state index is 11.7. The van der Waals surface area contributed by atoms with Crippen LogP contribution in [-0.2, 0) is 9.59 Å². The molecule has 0 bridgehead atoms. The Morgan fingerprint density at radius 2 is 1.95 bits per heavy atom. The number of rotatable bonds is 6. The molecule has 1 amide bonds. The number of hydrogen-bond acceptors (Lipinski definition) is 4. The Balaban J connectivity index is 2.51. The first-order valence-corrected chi connectivity index (χ1v) is 6.67. The average molecular weight is 346 g/mol. The number of ether oxygens (including phenoxy) is 1. The number of amides is 1. The van der Waals surface area contributed by atoms with Crippen molar-refractivity contribution >= 4 is 27.8 Å². The van der Waals surface area contributed by atoms with Crippen LogP contribution >= 0.6 is 15.9 Å². The van der Waals surface area contributed by atoms with Gasteiger partial charge in [0.25, 0.3) is 5.91 Å². The molecule has 3 N–H and O–H groups in total. The van der Waals surface area contributed by atoms with Crippen molar-refractivity contribution in [3.05, 3.63) is 28.7 Å². The van der Waals surface area contributed by atoms with Gasteiger partial charge < -0.3 is 20.3 Å². The summed E-state index contributed by atoms with van der Waals surface area (Å²) in [4.78, 5) is 22.4. The molecule has 6 nitrogen and oxygen atoms in total. The molecule has 0 aliphatic heterocycles. The van der Waals surface area contributed by atoms with Gasteiger partial charge in [-0.15, -0.1) is 0 Å². The molecule has 2 atom stereocenters. The monoisotopic (exact) mass is 345 g/mol. The number of aliphatic carboxylic acids is 1. The second-order valence-corrected chi connectivity index (χ2v) is 5.43. The highest BCUT2D eigenvalue weighted by molar-refractivity contribution is 9.10. The second-order valence-electron chi connectivity index (χ2n) is 4.51. The number of carbonyl (C=O) groups excluding carboxylic acids is 1. The van der Waals surface area contributed by atoms with Gasteiger partial charge in [0, 0.05) is 4.47 Å². The molecule has 1 rings (SSSR count). The number of nitrogens with one attached hydrogen (secondary N) is 1. The standard InChI is InChI=1S/C13H16BrNO5/c1-8(20-10-5-3-9(14)4-6-10)11(16)15-7-13(2,19)12(17)18/h3-6,8,19H,7H2,1-2H3,(H,15,16)(H,17,18). The van der Waals surface area contributed by atoms with Crippen molar-refractivity contribution < 1.29 is 24.5 Å². The number of carbonyl (C=O) groups is 2. The normalized spacial score (nSPS) is 15.0. The maximum atomic E-state index is 11.7. The van der Waals surface area contributed by atoms with E-state index in [1.54, 1.807) is 24.3 Å². The molecule has 0 fully saturated rings. The summed E-state index contributed by atoms with van der Waals surface area (Å²) in [5, 5.41) is 20.5. The fraction of sp³-hybridized carbons (Fsp3) is 0.385. The number of aliphatic hydroxyl groups is 1. The maximum Gasteiger partial charge on any atom is 0.337 e. The fourth-order valence-electron chi connectivity index (χ4n) is 1.25. The third-order valence-corrected chi connectivity index (χ3v) is 3.09. The lowest BCUT2D eigenvalue weighted by atomic mass is 10.1. The van der Waals surface area contributed by atoms with Gasteiger partial charge in [-0.1, -0.05) is 15.9 Å². The van der Waals surface area contributed by atoms with E-state index in [1.807, 2.05) is 0 Å². The van der Waals surface area contributed by atoms with Crippen molar-refractivity contribution in [2.45, 2.75) is 25.6 Å². The van der Waals surface area contributed by atoms with Crippen LogP contribution < -0.4 is 10.1 Å². The zero-order chi connectivity index (χ0) is 15.3. The number of carboxylic acids is 1. The van der Waals surface area contributed by atoms with E-state index in [4.69, 9.17) is 9.84 Å². The molecule has 0 radical (unpaired) electrons. The molecule has 7 heteroatoms. The number of benzene rings is 1. The van der Waals surface area contributed by atoms with Gasteiger partial charge in [-0.25, -0.2) is 4.79 Å². The van der Waals surface area contributed by atoms with Gasteiger partial charge in [0.2, 0.25) is 0 Å². The lowest BCUT2D eigenvalue weighted by Gasteiger charge is -2.20. The Kier molecular flexibility index (Phi) is 5.52. The van der Waals surface area contributed by atoms with E-state index in [1.165, 1.54) is 6.92 Å². The van der Waals surface area contributed by atoms with E-state index >= 15 is 0 Å². The van der Waals surface area contributed by atoms with Crippen LogP contribution in [-0.4, -0.2) is 40.3 Å². The lowest BCUT2D eigenvalue weighted by Crippen LogP contribution is -2.49. The van der Waals surface area contributed by atoms with E-state index in [0.717, 1.165) is 11.4 Å². The third-order valence-electron chi connectivity index (χ3n) is 2.56. The Morgan fingerprint density at radius 1 is 1.40 bits per heavy atom. The molecule has 0 saturated heterocycles. The van der Waals surface area contributed by atoms with Crippen LogP contribution in [0, 0.1) is 0 Å². The smallest absolute Gasteiger partial charge is 0.337 e. The topological polar surface area (TPSA) is 95.9 Å². The number of hydrogen-bond donors (Lipinski definition) is 3. The molecular weight excluding hydrogens is 330 g/mol. The van der Waals surface area contributed by atoms with Gasteiger partial charge in [-0.3, -0.25) is 4.79 Å². The highest BCUT2D eigenvalue weighted by Gasteiger charge is 2.31. The Morgan fingerprint density at radius 3 is 2.45 bits per heavy atom. The first kappa shape index (κ1) is 16.5. The average Bonchev–Trinajstić information content (AvgIpc) is 2.38. The predicted molar refractivity (Wildman–Crippen MR) is 75.5 cm³/mol. The molecule has 0 aromatic heterocycles. The molecule has 0 aliphatic rings. The van der Waals surface area contributed by atoms with Crippen molar-refractivity contribution in [1.82, 2.24) is 5.32 Å². The van der Waals surface area contributed by atoms with Crippen LogP contribution in [0.2, 0.25) is 0 Å². The second kappa shape index (κ2) is 6.71. The van der Waals surface area contributed by atoms with Crippen LogP contribution in [0.3, 0.4) is 0 Å². The van der Waals surface area contributed by atoms with Crippen molar-refractivity contribution in [3.63, 3.8) is 0 Å². The first-order chi connectivity index (χ1) is 9.22. The lowest BCUT2D eigenvalue weighted by molar-refractivity contribution is -0.156. The summed E-state index contributed by atoms with van der Waals surface area (Å²) in [6.07, 6.45) is -0.805.